The van der Waals surface area contributed by atoms with Gasteiger partial charge in [-0.05, 0) is 11.6 Å². The van der Waals surface area contributed by atoms with Gasteiger partial charge in [-0.25, -0.2) is 23.6 Å². The molecule has 4 rings (SSSR count). The smallest absolute Gasteiger partial charge is 0.334 e. The first-order valence-electron chi connectivity index (χ1n) is 11.2. The minimum atomic E-state index is -0.713. The van der Waals surface area contributed by atoms with Gasteiger partial charge in [0.2, 0.25) is 5.91 Å². The SMILES string of the molecule is CN1CC(=O)N2[C@@H](COC=O)CN(Cc3ccc(F)cc3F)C[C@@H]2N1C(=O)NCc1ccccc1. The molecule has 2 aromatic carbocycles. The normalized spacial score (nSPS) is 20.9. The minimum absolute atomic E-state index is 0.0283. The van der Waals surface area contributed by atoms with Gasteiger partial charge in [0.1, 0.15) is 24.4 Å². The predicted molar refractivity (Wildman–Crippen MR) is 121 cm³/mol. The standard InChI is InChI=1S/C24H27F2N5O4/c1-28-14-23(33)30-20(15-35-16-32)12-29(11-18-7-8-19(25)9-21(18)26)13-22(30)31(28)24(34)27-10-17-5-3-2-4-6-17/h2-9,16,20,22H,10-15H2,1H3,(H,27,34)/t20-,22+/m1/s1. The summed E-state index contributed by atoms with van der Waals surface area (Å²) >= 11 is 0. The monoisotopic (exact) mass is 487 g/mol. The number of nitrogens with zero attached hydrogens (tertiary/aromatic N) is 4. The van der Waals surface area contributed by atoms with Crippen molar-refractivity contribution in [1.82, 2.24) is 25.1 Å². The fourth-order valence-corrected chi connectivity index (χ4v) is 4.62. The second-order valence-corrected chi connectivity index (χ2v) is 8.60. The Balaban J connectivity index is 1.57. The lowest BCUT2D eigenvalue weighted by Gasteiger charge is -2.54. The van der Waals surface area contributed by atoms with Crippen LogP contribution in [0.5, 0.6) is 0 Å². The maximum atomic E-state index is 14.3. The number of carbonyl (C=O) groups excluding carboxylic acids is 3. The van der Waals surface area contributed by atoms with E-state index in [9.17, 15) is 23.2 Å². The summed E-state index contributed by atoms with van der Waals surface area (Å²) in [6.07, 6.45) is -0.713. The number of hydrazine groups is 1. The molecule has 0 spiro atoms. The van der Waals surface area contributed by atoms with E-state index >= 15 is 0 Å². The number of nitrogens with one attached hydrogen (secondary N) is 1. The van der Waals surface area contributed by atoms with Crippen molar-refractivity contribution in [3.8, 4) is 0 Å². The first-order chi connectivity index (χ1) is 16.9. The number of likely N-dealkylation sites (N-methyl/N-ethyl adjacent to an activating group) is 1. The van der Waals surface area contributed by atoms with Gasteiger partial charge in [-0.15, -0.1) is 0 Å². The molecule has 3 amide bonds. The molecule has 0 unspecified atom stereocenters. The van der Waals surface area contributed by atoms with Crippen LogP contribution < -0.4 is 5.32 Å². The van der Waals surface area contributed by atoms with Gasteiger partial charge >= 0.3 is 6.03 Å². The molecule has 0 radical (unpaired) electrons. The molecule has 9 nitrogen and oxygen atoms in total. The van der Waals surface area contributed by atoms with Gasteiger partial charge in [0.15, 0.2) is 0 Å². The number of amides is 3. The quantitative estimate of drug-likeness (QED) is 0.597. The molecule has 2 aromatic rings. The van der Waals surface area contributed by atoms with Crippen LogP contribution in [-0.4, -0.2) is 83.7 Å². The molecule has 2 fully saturated rings. The molecule has 2 aliphatic heterocycles. The van der Waals surface area contributed by atoms with Crippen molar-refractivity contribution in [3.63, 3.8) is 0 Å². The molecular formula is C24H27F2N5O4. The maximum absolute atomic E-state index is 14.3. The minimum Gasteiger partial charge on any atom is -0.466 e. The molecule has 0 bridgehead atoms. The van der Waals surface area contributed by atoms with E-state index < -0.39 is 29.9 Å². The average Bonchev–Trinajstić information content (AvgIpc) is 2.83. The summed E-state index contributed by atoms with van der Waals surface area (Å²) in [4.78, 5) is 40.5. The summed E-state index contributed by atoms with van der Waals surface area (Å²) < 4.78 is 32.7. The highest BCUT2D eigenvalue weighted by Crippen LogP contribution is 2.26. The van der Waals surface area contributed by atoms with E-state index in [4.69, 9.17) is 4.74 Å². The third kappa shape index (κ3) is 5.57. The van der Waals surface area contributed by atoms with Gasteiger partial charge in [-0.3, -0.25) is 14.5 Å². The number of hydrogen-bond donors (Lipinski definition) is 1. The second kappa shape index (κ2) is 10.8. The lowest BCUT2D eigenvalue weighted by Crippen LogP contribution is -2.75. The lowest BCUT2D eigenvalue weighted by atomic mass is 10.1. The fourth-order valence-electron chi connectivity index (χ4n) is 4.62. The summed E-state index contributed by atoms with van der Waals surface area (Å²) in [5.41, 5.74) is 1.20. The molecule has 186 valence electrons. The number of rotatable bonds is 7. The van der Waals surface area contributed by atoms with Crippen molar-refractivity contribution in [2.45, 2.75) is 25.3 Å². The highest BCUT2D eigenvalue weighted by molar-refractivity contribution is 5.83. The third-order valence-corrected chi connectivity index (χ3v) is 6.17. The highest BCUT2D eigenvalue weighted by Gasteiger charge is 2.47. The Bertz CT molecular complexity index is 1070. The van der Waals surface area contributed by atoms with Crippen LogP contribution in [0.4, 0.5) is 13.6 Å². The Labute approximate surface area is 201 Å². The zero-order valence-electron chi connectivity index (χ0n) is 19.3. The Morgan fingerprint density at radius 2 is 1.94 bits per heavy atom. The molecule has 0 saturated carbocycles. The zero-order valence-corrected chi connectivity index (χ0v) is 19.3. The number of carbonyl (C=O) groups is 3. The van der Waals surface area contributed by atoms with Gasteiger partial charge in [0.05, 0.1) is 12.6 Å². The Morgan fingerprint density at radius 3 is 2.66 bits per heavy atom. The number of piperazine rings is 1. The Morgan fingerprint density at radius 1 is 1.17 bits per heavy atom. The van der Waals surface area contributed by atoms with E-state index in [1.165, 1.54) is 17.1 Å². The van der Waals surface area contributed by atoms with Gasteiger partial charge in [-0.2, -0.15) is 0 Å². The molecule has 0 aromatic heterocycles. The number of ether oxygens (including phenoxy) is 1. The molecule has 35 heavy (non-hydrogen) atoms. The molecule has 2 aliphatic rings. The van der Waals surface area contributed by atoms with Crippen molar-refractivity contribution >= 4 is 18.4 Å². The largest absolute Gasteiger partial charge is 0.466 e. The first-order valence-corrected chi connectivity index (χ1v) is 11.2. The topological polar surface area (TPSA) is 85.4 Å². The second-order valence-electron chi connectivity index (χ2n) is 8.60. The fraction of sp³-hybridized carbons (Fsp3) is 0.375. The van der Waals surface area contributed by atoms with Crippen molar-refractivity contribution in [2.24, 2.45) is 0 Å². The van der Waals surface area contributed by atoms with E-state index in [2.05, 4.69) is 5.32 Å². The molecule has 2 saturated heterocycles. The first kappa shape index (κ1) is 24.6. The molecule has 0 aliphatic carbocycles. The molecule has 1 N–H and O–H groups in total. The number of halogens is 2. The van der Waals surface area contributed by atoms with Crippen LogP contribution in [0.15, 0.2) is 48.5 Å². The summed E-state index contributed by atoms with van der Waals surface area (Å²) in [5, 5.41) is 5.89. The number of benzene rings is 2. The van der Waals surface area contributed by atoms with E-state index in [1.807, 2.05) is 35.2 Å². The van der Waals surface area contributed by atoms with E-state index in [0.29, 0.717) is 13.0 Å². The Hall–Kier alpha value is -3.57. The Kier molecular flexibility index (Phi) is 7.57. The van der Waals surface area contributed by atoms with Crippen LogP contribution in [0.2, 0.25) is 0 Å². The van der Waals surface area contributed by atoms with Crippen LogP contribution >= 0.6 is 0 Å². The molecule has 2 heterocycles. The molecule has 2 atom stereocenters. The van der Waals surface area contributed by atoms with Crippen LogP contribution in [0.3, 0.4) is 0 Å². The predicted octanol–water partition coefficient (Wildman–Crippen LogP) is 1.55. The maximum Gasteiger partial charge on any atom is 0.334 e. The van der Waals surface area contributed by atoms with E-state index in [1.54, 1.807) is 17.0 Å². The summed E-state index contributed by atoms with van der Waals surface area (Å²) in [5.74, 6) is -1.56. The number of urea groups is 1. The molecule has 11 heteroatoms. The van der Waals surface area contributed by atoms with Crippen LogP contribution in [0.1, 0.15) is 11.1 Å². The van der Waals surface area contributed by atoms with Gasteiger partial charge in [-0.1, -0.05) is 36.4 Å². The number of hydrogen-bond acceptors (Lipinski definition) is 6. The summed E-state index contributed by atoms with van der Waals surface area (Å²) in [7, 11) is 1.65. The third-order valence-electron chi connectivity index (χ3n) is 6.17. The van der Waals surface area contributed by atoms with Gasteiger partial charge in [0, 0.05) is 44.9 Å². The van der Waals surface area contributed by atoms with Gasteiger partial charge in [0.25, 0.3) is 6.47 Å². The van der Waals surface area contributed by atoms with Crippen LogP contribution in [0, 0.1) is 11.6 Å². The van der Waals surface area contributed by atoms with E-state index in [0.717, 1.165) is 11.6 Å². The van der Waals surface area contributed by atoms with E-state index in [-0.39, 0.29) is 44.3 Å². The van der Waals surface area contributed by atoms with Crippen LogP contribution in [0.25, 0.3) is 0 Å². The average molecular weight is 488 g/mol. The lowest BCUT2D eigenvalue weighted by molar-refractivity contribution is -0.184. The zero-order chi connectivity index (χ0) is 24.9. The van der Waals surface area contributed by atoms with Crippen LogP contribution in [-0.2, 0) is 27.4 Å². The van der Waals surface area contributed by atoms with Crippen molar-refractivity contribution in [2.75, 3.05) is 33.3 Å². The van der Waals surface area contributed by atoms with Crippen molar-refractivity contribution in [1.29, 1.82) is 0 Å². The van der Waals surface area contributed by atoms with Crippen molar-refractivity contribution < 1.29 is 27.9 Å². The number of fused-ring (bicyclic) bond motifs is 1. The molecular weight excluding hydrogens is 460 g/mol. The van der Waals surface area contributed by atoms with Gasteiger partial charge < -0.3 is 15.0 Å². The summed E-state index contributed by atoms with van der Waals surface area (Å²) in [6, 6.07) is 11.8. The summed E-state index contributed by atoms with van der Waals surface area (Å²) in [6.45, 7) is 1.15. The van der Waals surface area contributed by atoms with Crippen molar-refractivity contribution in [3.05, 3.63) is 71.3 Å². The highest BCUT2D eigenvalue weighted by atomic mass is 19.1.